The summed E-state index contributed by atoms with van der Waals surface area (Å²) in [6.45, 7) is -1.56. The molecule has 0 aliphatic heterocycles. The van der Waals surface area contributed by atoms with Crippen molar-refractivity contribution >= 4 is 5.91 Å². The monoisotopic (exact) mass is 225 g/mol. The second-order valence-corrected chi connectivity index (χ2v) is 2.88. The van der Waals surface area contributed by atoms with Gasteiger partial charge in [-0.15, -0.1) is 0 Å². The highest BCUT2D eigenvalue weighted by Crippen LogP contribution is 2.05. The minimum absolute atomic E-state index is 0.735. The average molecular weight is 225 g/mol. The Bertz CT molecular complexity index is 200. The fourth-order valence-corrected chi connectivity index (χ4v) is 0.860. The lowest BCUT2D eigenvalue weighted by Gasteiger charge is -2.24. The summed E-state index contributed by atoms with van der Waals surface area (Å²) < 4.78 is 0. The van der Waals surface area contributed by atoms with Crippen LogP contribution in [0.4, 0.5) is 0 Å². The number of carbonyl (C=O) groups excluding carboxylic acids is 1. The minimum atomic E-state index is -2.01. The molecule has 0 bridgehead atoms. The molecule has 0 aromatic heterocycles. The van der Waals surface area contributed by atoms with Crippen LogP contribution in [-0.4, -0.2) is 74.3 Å². The molecule has 0 saturated heterocycles. The van der Waals surface area contributed by atoms with Crippen molar-refractivity contribution in [3.05, 3.63) is 0 Å². The summed E-state index contributed by atoms with van der Waals surface area (Å²) in [5.74, 6) is -1.10. The van der Waals surface area contributed by atoms with Crippen molar-refractivity contribution in [1.29, 1.82) is 0 Å². The topological polar surface area (TPSA) is 150 Å². The van der Waals surface area contributed by atoms with Crippen LogP contribution in [0.2, 0.25) is 0 Å². The van der Waals surface area contributed by atoms with Gasteiger partial charge in [-0.2, -0.15) is 0 Å². The Morgan fingerprint density at radius 3 is 2.00 bits per heavy atom. The molecule has 15 heavy (non-hydrogen) atoms. The van der Waals surface area contributed by atoms with Gasteiger partial charge in [-0.05, 0) is 0 Å². The van der Waals surface area contributed by atoms with E-state index in [1.165, 1.54) is 0 Å². The Morgan fingerprint density at radius 1 is 1.07 bits per heavy atom. The maximum absolute atomic E-state index is 10.9. The van der Waals surface area contributed by atoms with Crippen molar-refractivity contribution in [2.24, 2.45) is 0 Å². The van der Waals surface area contributed by atoms with Gasteiger partial charge in [0.25, 0.3) is 5.91 Å². The molecule has 0 rings (SSSR count). The lowest BCUT2D eigenvalue weighted by molar-refractivity contribution is -0.149. The van der Waals surface area contributed by atoms with Crippen LogP contribution in [0.25, 0.3) is 0 Å². The summed E-state index contributed by atoms with van der Waals surface area (Å²) in [6, 6.07) is 0. The SMILES string of the molecule is O=C(NCO)[C@@H](O)[C@@H](O)[C@@H](O)[C@@H](O)CO. The molecule has 7 N–H and O–H groups in total. The van der Waals surface area contributed by atoms with Crippen molar-refractivity contribution < 1.29 is 35.4 Å². The zero-order valence-corrected chi connectivity index (χ0v) is 7.82. The van der Waals surface area contributed by atoms with Crippen LogP contribution in [-0.2, 0) is 4.79 Å². The zero-order chi connectivity index (χ0) is 12.0. The van der Waals surface area contributed by atoms with E-state index in [0.29, 0.717) is 0 Å². The number of hydrogen-bond donors (Lipinski definition) is 7. The third-order valence-electron chi connectivity index (χ3n) is 1.78. The van der Waals surface area contributed by atoms with Gasteiger partial charge in [0, 0.05) is 0 Å². The van der Waals surface area contributed by atoms with Crippen LogP contribution in [0.5, 0.6) is 0 Å². The Morgan fingerprint density at radius 2 is 1.60 bits per heavy atom. The lowest BCUT2D eigenvalue weighted by atomic mass is 10.0. The van der Waals surface area contributed by atoms with Gasteiger partial charge >= 0.3 is 0 Å². The van der Waals surface area contributed by atoms with E-state index in [0.717, 1.165) is 0 Å². The minimum Gasteiger partial charge on any atom is -0.394 e. The molecule has 0 aliphatic rings. The number of rotatable bonds is 6. The van der Waals surface area contributed by atoms with Crippen molar-refractivity contribution in [2.75, 3.05) is 13.3 Å². The Kier molecular flexibility index (Phi) is 6.32. The number of aliphatic hydroxyl groups is 6. The fraction of sp³-hybridized carbons (Fsp3) is 0.857. The summed E-state index contributed by atoms with van der Waals surface area (Å²) in [4.78, 5) is 10.9. The quantitative estimate of drug-likeness (QED) is 0.225. The van der Waals surface area contributed by atoms with E-state index in [1.54, 1.807) is 5.32 Å². The molecule has 0 heterocycles. The van der Waals surface area contributed by atoms with Crippen LogP contribution >= 0.6 is 0 Å². The number of aliphatic hydroxyl groups excluding tert-OH is 6. The first-order valence-electron chi connectivity index (χ1n) is 4.17. The first-order chi connectivity index (χ1) is 6.95. The number of nitrogens with one attached hydrogen (secondary N) is 1. The summed E-state index contributed by atoms with van der Waals surface area (Å²) in [5, 5.41) is 54.8. The third kappa shape index (κ3) is 4.08. The van der Waals surface area contributed by atoms with Crippen LogP contribution in [0, 0.1) is 0 Å². The van der Waals surface area contributed by atoms with Gasteiger partial charge in [-0.3, -0.25) is 4.79 Å². The fourth-order valence-electron chi connectivity index (χ4n) is 0.860. The second kappa shape index (κ2) is 6.67. The summed E-state index contributed by atoms with van der Waals surface area (Å²) in [7, 11) is 0. The molecule has 0 spiro atoms. The van der Waals surface area contributed by atoms with E-state index in [2.05, 4.69) is 0 Å². The predicted molar refractivity (Wildman–Crippen MR) is 46.3 cm³/mol. The van der Waals surface area contributed by atoms with Gasteiger partial charge < -0.3 is 36.0 Å². The highest BCUT2D eigenvalue weighted by atomic mass is 16.4. The zero-order valence-electron chi connectivity index (χ0n) is 7.82. The molecule has 8 nitrogen and oxygen atoms in total. The number of amides is 1. The van der Waals surface area contributed by atoms with Gasteiger partial charge in [0.05, 0.1) is 6.61 Å². The van der Waals surface area contributed by atoms with Crippen molar-refractivity contribution in [2.45, 2.75) is 24.4 Å². The van der Waals surface area contributed by atoms with Crippen molar-refractivity contribution in [3.63, 3.8) is 0 Å². The van der Waals surface area contributed by atoms with E-state index in [9.17, 15) is 9.90 Å². The summed E-state index contributed by atoms with van der Waals surface area (Å²) >= 11 is 0. The van der Waals surface area contributed by atoms with E-state index in [1.807, 2.05) is 0 Å². The van der Waals surface area contributed by atoms with E-state index in [-0.39, 0.29) is 0 Å². The van der Waals surface area contributed by atoms with Gasteiger partial charge in [0.15, 0.2) is 6.10 Å². The Balaban J connectivity index is 4.29. The number of hydrogen-bond acceptors (Lipinski definition) is 7. The molecular weight excluding hydrogens is 210 g/mol. The predicted octanol–water partition coefficient (Wildman–Crippen LogP) is -4.51. The van der Waals surface area contributed by atoms with Crippen LogP contribution in [0.15, 0.2) is 0 Å². The van der Waals surface area contributed by atoms with Gasteiger partial charge in [0.2, 0.25) is 0 Å². The molecule has 0 aliphatic carbocycles. The van der Waals surface area contributed by atoms with Crippen LogP contribution < -0.4 is 5.32 Å². The third-order valence-corrected chi connectivity index (χ3v) is 1.78. The number of carbonyl (C=O) groups is 1. The van der Waals surface area contributed by atoms with E-state index in [4.69, 9.17) is 25.5 Å². The van der Waals surface area contributed by atoms with Crippen LogP contribution in [0.1, 0.15) is 0 Å². The average Bonchev–Trinajstić information content (AvgIpc) is 2.25. The molecule has 0 radical (unpaired) electrons. The molecular formula is C7H15NO7. The van der Waals surface area contributed by atoms with Crippen molar-refractivity contribution in [3.8, 4) is 0 Å². The van der Waals surface area contributed by atoms with Crippen LogP contribution in [0.3, 0.4) is 0 Å². The smallest absolute Gasteiger partial charge is 0.253 e. The van der Waals surface area contributed by atoms with Gasteiger partial charge in [0.1, 0.15) is 25.0 Å². The maximum Gasteiger partial charge on any atom is 0.253 e. The largest absolute Gasteiger partial charge is 0.394 e. The maximum atomic E-state index is 10.9. The van der Waals surface area contributed by atoms with Gasteiger partial charge in [-0.1, -0.05) is 0 Å². The Hall–Kier alpha value is -0.770. The molecule has 0 saturated carbocycles. The first-order valence-corrected chi connectivity index (χ1v) is 4.17. The van der Waals surface area contributed by atoms with Gasteiger partial charge in [-0.25, -0.2) is 0 Å². The molecule has 4 atom stereocenters. The highest BCUT2D eigenvalue weighted by Gasteiger charge is 2.33. The van der Waals surface area contributed by atoms with E-state index < -0.39 is 43.7 Å². The molecule has 0 fully saturated rings. The standard InChI is InChI=1S/C7H15NO7/c9-1-3(11)4(12)5(13)6(14)7(15)8-2-10/h3-6,9-14H,1-2H2,(H,8,15)/t3-,4-,5-,6-/m0/s1. The summed E-state index contributed by atoms with van der Waals surface area (Å²) in [5.41, 5.74) is 0. The normalized spacial score (nSPS) is 19.1. The first kappa shape index (κ1) is 14.2. The lowest BCUT2D eigenvalue weighted by Crippen LogP contribution is -2.51. The molecule has 8 heteroatoms. The molecule has 90 valence electrons. The highest BCUT2D eigenvalue weighted by molar-refractivity contribution is 5.81. The molecule has 0 aromatic carbocycles. The second-order valence-electron chi connectivity index (χ2n) is 2.88. The van der Waals surface area contributed by atoms with Crippen molar-refractivity contribution in [1.82, 2.24) is 5.32 Å². The summed E-state index contributed by atoms with van der Waals surface area (Å²) in [6.07, 6.45) is -7.50. The molecule has 0 aromatic rings. The van der Waals surface area contributed by atoms with E-state index >= 15 is 0 Å². The Labute approximate surface area is 85.4 Å². The molecule has 0 unspecified atom stereocenters. The molecule has 1 amide bonds.